The van der Waals surface area contributed by atoms with Crippen molar-refractivity contribution < 1.29 is 5.11 Å². The number of imidazole rings is 1. The maximum absolute atomic E-state index is 9.64. The molecule has 0 aliphatic carbocycles. The number of hydrogen-bond acceptors (Lipinski definition) is 3. The first kappa shape index (κ1) is 12.1. The monoisotopic (exact) mass is 233 g/mol. The second kappa shape index (κ2) is 4.47. The lowest BCUT2D eigenvalue weighted by Gasteiger charge is -2.17. The number of aromatic nitrogens is 2. The Hall–Kier alpha value is -1.39. The van der Waals surface area contributed by atoms with Gasteiger partial charge in [-0.3, -0.25) is 0 Å². The van der Waals surface area contributed by atoms with E-state index in [0.717, 1.165) is 17.0 Å². The fourth-order valence-electron chi connectivity index (χ4n) is 1.86. The fourth-order valence-corrected chi connectivity index (χ4v) is 1.86. The summed E-state index contributed by atoms with van der Waals surface area (Å²) in [6.07, 6.45) is 2.01. The minimum Gasteiger partial charge on any atom is -0.389 e. The van der Waals surface area contributed by atoms with Gasteiger partial charge < -0.3 is 14.8 Å². The van der Waals surface area contributed by atoms with E-state index in [1.165, 1.54) is 0 Å². The maximum Gasteiger partial charge on any atom is 0.137 e. The lowest BCUT2D eigenvalue weighted by atomic mass is 10.1. The summed E-state index contributed by atoms with van der Waals surface area (Å²) in [6.45, 7) is 6.87. The van der Waals surface area contributed by atoms with E-state index in [4.69, 9.17) is 0 Å². The molecule has 0 amide bonds. The van der Waals surface area contributed by atoms with Crippen molar-refractivity contribution >= 4 is 5.65 Å². The van der Waals surface area contributed by atoms with Gasteiger partial charge in [0, 0.05) is 19.3 Å². The molecule has 0 saturated heterocycles. The number of aliphatic hydroxyl groups is 1. The van der Waals surface area contributed by atoms with Gasteiger partial charge in [0.05, 0.1) is 17.0 Å². The van der Waals surface area contributed by atoms with Crippen molar-refractivity contribution in [3.05, 3.63) is 35.8 Å². The van der Waals surface area contributed by atoms with Gasteiger partial charge in [0.25, 0.3) is 0 Å². The lowest BCUT2D eigenvalue weighted by molar-refractivity contribution is 0.0794. The largest absolute Gasteiger partial charge is 0.389 e. The van der Waals surface area contributed by atoms with Crippen LogP contribution in [0.25, 0.3) is 5.65 Å². The van der Waals surface area contributed by atoms with E-state index >= 15 is 0 Å². The highest BCUT2D eigenvalue weighted by molar-refractivity contribution is 5.42. The number of nitrogens with zero attached hydrogens (tertiary/aromatic N) is 2. The van der Waals surface area contributed by atoms with Crippen LogP contribution in [0, 0.1) is 6.92 Å². The third-order valence-electron chi connectivity index (χ3n) is 2.68. The van der Waals surface area contributed by atoms with Crippen molar-refractivity contribution in [2.75, 3.05) is 6.54 Å². The van der Waals surface area contributed by atoms with E-state index in [-0.39, 0.29) is 0 Å². The molecule has 4 nitrogen and oxygen atoms in total. The summed E-state index contributed by atoms with van der Waals surface area (Å²) < 4.78 is 2.08. The molecule has 0 saturated carbocycles. The van der Waals surface area contributed by atoms with Gasteiger partial charge in [-0.25, -0.2) is 4.98 Å². The second-order valence-corrected chi connectivity index (χ2v) is 4.99. The molecule has 2 heterocycles. The Balaban J connectivity index is 2.15. The Kier molecular flexibility index (Phi) is 3.17. The first-order chi connectivity index (χ1) is 7.97. The van der Waals surface area contributed by atoms with Crippen LogP contribution >= 0.6 is 0 Å². The summed E-state index contributed by atoms with van der Waals surface area (Å²) in [4.78, 5) is 4.49. The van der Waals surface area contributed by atoms with Gasteiger partial charge in [-0.2, -0.15) is 0 Å². The van der Waals surface area contributed by atoms with Gasteiger partial charge in [-0.15, -0.1) is 0 Å². The van der Waals surface area contributed by atoms with E-state index in [0.29, 0.717) is 13.1 Å². The summed E-state index contributed by atoms with van der Waals surface area (Å²) in [5.74, 6) is 0. The number of aryl methyl sites for hydroxylation is 1. The standard InChI is InChI=1S/C13H19N3O/c1-10-11(8-14-9-13(2,3)17)16-7-5-4-6-12(16)15-10/h4-7,14,17H,8-9H2,1-3H3. The quantitative estimate of drug-likeness (QED) is 0.841. The van der Waals surface area contributed by atoms with Crippen LogP contribution < -0.4 is 5.32 Å². The van der Waals surface area contributed by atoms with Crippen molar-refractivity contribution in [1.82, 2.24) is 14.7 Å². The van der Waals surface area contributed by atoms with Gasteiger partial charge in [0.15, 0.2) is 0 Å². The Morgan fingerprint density at radius 2 is 2.18 bits per heavy atom. The first-order valence-corrected chi connectivity index (χ1v) is 5.83. The number of hydrogen-bond donors (Lipinski definition) is 2. The summed E-state index contributed by atoms with van der Waals surface area (Å²) in [6, 6.07) is 5.97. The van der Waals surface area contributed by atoms with Gasteiger partial charge in [0.1, 0.15) is 5.65 Å². The van der Waals surface area contributed by atoms with Crippen molar-refractivity contribution in [2.24, 2.45) is 0 Å². The molecule has 0 spiro atoms. The molecule has 92 valence electrons. The van der Waals surface area contributed by atoms with Crippen molar-refractivity contribution in [3.63, 3.8) is 0 Å². The highest BCUT2D eigenvalue weighted by Gasteiger charge is 2.13. The molecule has 0 aliphatic rings. The molecule has 17 heavy (non-hydrogen) atoms. The van der Waals surface area contributed by atoms with Crippen LogP contribution in [0.15, 0.2) is 24.4 Å². The average molecular weight is 233 g/mol. The number of rotatable bonds is 4. The van der Waals surface area contributed by atoms with Crippen LogP contribution in [0.5, 0.6) is 0 Å². The van der Waals surface area contributed by atoms with Crippen LogP contribution in [0.2, 0.25) is 0 Å². The smallest absolute Gasteiger partial charge is 0.137 e. The number of nitrogens with one attached hydrogen (secondary N) is 1. The Morgan fingerprint density at radius 1 is 1.41 bits per heavy atom. The molecule has 0 atom stereocenters. The van der Waals surface area contributed by atoms with E-state index < -0.39 is 5.60 Å². The Morgan fingerprint density at radius 3 is 2.88 bits per heavy atom. The molecule has 2 aromatic heterocycles. The fraction of sp³-hybridized carbons (Fsp3) is 0.462. The predicted octanol–water partition coefficient (Wildman–Crippen LogP) is 1.50. The van der Waals surface area contributed by atoms with E-state index in [9.17, 15) is 5.11 Å². The highest BCUT2D eigenvalue weighted by Crippen LogP contribution is 2.11. The molecule has 0 aromatic carbocycles. The summed E-state index contributed by atoms with van der Waals surface area (Å²) in [7, 11) is 0. The zero-order chi connectivity index (χ0) is 12.5. The minimum absolute atomic E-state index is 0.562. The topological polar surface area (TPSA) is 49.6 Å². The van der Waals surface area contributed by atoms with Crippen LogP contribution in [0.1, 0.15) is 25.2 Å². The van der Waals surface area contributed by atoms with Crippen LogP contribution in [-0.2, 0) is 6.54 Å². The molecule has 0 aliphatic heterocycles. The minimum atomic E-state index is -0.686. The van der Waals surface area contributed by atoms with Gasteiger partial charge in [-0.05, 0) is 32.9 Å². The molecule has 4 heteroatoms. The first-order valence-electron chi connectivity index (χ1n) is 5.83. The SMILES string of the molecule is Cc1nc2ccccn2c1CNCC(C)(C)O. The van der Waals surface area contributed by atoms with Crippen LogP contribution in [0.4, 0.5) is 0 Å². The molecule has 2 rings (SSSR count). The van der Waals surface area contributed by atoms with E-state index in [2.05, 4.69) is 14.7 Å². The average Bonchev–Trinajstić information content (AvgIpc) is 2.54. The third kappa shape index (κ3) is 2.84. The normalized spacial score (nSPS) is 12.2. The van der Waals surface area contributed by atoms with Gasteiger partial charge >= 0.3 is 0 Å². The Labute approximate surface area is 101 Å². The molecule has 2 aromatic rings. The predicted molar refractivity (Wildman–Crippen MR) is 67.9 cm³/mol. The van der Waals surface area contributed by atoms with Crippen molar-refractivity contribution in [1.29, 1.82) is 0 Å². The summed E-state index contributed by atoms with van der Waals surface area (Å²) in [5.41, 5.74) is 2.45. The molecule has 2 N–H and O–H groups in total. The van der Waals surface area contributed by atoms with Gasteiger partial charge in [0.2, 0.25) is 0 Å². The van der Waals surface area contributed by atoms with Crippen LogP contribution in [0.3, 0.4) is 0 Å². The molecule has 0 fully saturated rings. The Bertz CT molecular complexity index is 511. The van der Waals surface area contributed by atoms with Crippen molar-refractivity contribution in [3.8, 4) is 0 Å². The summed E-state index contributed by atoms with van der Waals surface area (Å²) >= 11 is 0. The molecule has 0 unspecified atom stereocenters. The maximum atomic E-state index is 9.64. The van der Waals surface area contributed by atoms with E-state index in [1.807, 2.05) is 31.3 Å². The molecular formula is C13H19N3O. The summed E-state index contributed by atoms with van der Waals surface area (Å²) in [5, 5.41) is 12.9. The van der Waals surface area contributed by atoms with Gasteiger partial charge in [-0.1, -0.05) is 6.07 Å². The molecule has 0 bridgehead atoms. The van der Waals surface area contributed by atoms with E-state index in [1.54, 1.807) is 13.8 Å². The molecular weight excluding hydrogens is 214 g/mol. The zero-order valence-corrected chi connectivity index (χ0v) is 10.6. The zero-order valence-electron chi connectivity index (χ0n) is 10.6. The molecule has 0 radical (unpaired) electrons. The second-order valence-electron chi connectivity index (χ2n) is 4.99. The number of fused-ring (bicyclic) bond motifs is 1. The van der Waals surface area contributed by atoms with Crippen LogP contribution in [-0.4, -0.2) is 26.6 Å². The third-order valence-corrected chi connectivity index (χ3v) is 2.68. The van der Waals surface area contributed by atoms with Crippen molar-refractivity contribution in [2.45, 2.75) is 32.9 Å². The highest BCUT2D eigenvalue weighted by atomic mass is 16.3. The lowest BCUT2D eigenvalue weighted by Crippen LogP contribution is -2.34. The number of pyridine rings is 1.